The maximum absolute atomic E-state index is 11.6. The fraction of sp³-hybridized carbons (Fsp3) is 0.500. The highest BCUT2D eigenvalue weighted by Gasteiger charge is 2.28. The van der Waals surface area contributed by atoms with Crippen LogP contribution in [-0.4, -0.2) is 73.6 Å². The summed E-state index contributed by atoms with van der Waals surface area (Å²) in [5, 5.41) is 9.63. The largest absolute Gasteiger partial charge is 0.355 e. The van der Waals surface area contributed by atoms with Crippen LogP contribution in [0.5, 0.6) is 0 Å². The highest BCUT2D eigenvalue weighted by atomic mass is 127. The summed E-state index contributed by atoms with van der Waals surface area (Å²) >= 11 is 6.21. The Kier molecular flexibility index (Phi) is 7.90. The molecule has 3 heterocycles. The zero-order valence-electron chi connectivity index (χ0n) is 14.9. The molecule has 2 aliphatic rings. The number of guanidine groups is 1. The van der Waals surface area contributed by atoms with Gasteiger partial charge in [-0.2, -0.15) is 0 Å². The highest BCUT2D eigenvalue weighted by Crippen LogP contribution is 2.25. The molecule has 0 spiro atoms. The van der Waals surface area contributed by atoms with E-state index in [0.29, 0.717) is 24.1 Å². The van der Waals surface area contributed by atoms with Gasteiger partial charge in [0.15, 0.2) is 5.96 Å². The maximum atomic E-state index is 11.6. The second-order valence-electron chi connectivity index (χ2n) is 6.09. The van der Waals surface area contributed by atoms with E-state index in [2.05, 4.69) is 30.8 Å². The standard InChI is InChI=1S/C16H22ClN7O2.HI/c1-18-15(20-6-8-24-13(25)9-21-16(24)26)22-11-4-7-23(10-11)14-12(17)3-2-5-19-14;/h2-3,5,11H,4,6-10H2,1H3,(H,21,26)(H2,18,20,22);1H. The van der Waals surface area contributed by atoms with E-state index >= 15 is 0 Å². The number of rotatable bonds is 5. The first-order chi connectivity index (χ1) is 12.6. The molecule has 1 aromatic heterocycles. The number of aliphatic imine (C=N–C) groups is 1. The van der Waals surface area contributed by atoms with Crippen molar-refractivity contribution in [3.05, 3.63) is 23.4 Å². The predicted octanol–water partition coefficient (Wildman–Crippen LogP) is 0.648. The molecule has 11 heteroatoms. The summed E-state index contributed by atoms with van der Waals surface area (Å²) in [6.07, 6.45) is 2.67. The number of hydrogen-bond acceptors (Lipinski definition) is 5. The normalized spacial score (nSPS) is 19.8. The predicted molar refractivity (Wildman–Crippen MR) is 115 cm³/mol. The number of pyridine rings is 1. The number of nitrogens with zero attached hydrogens (tertiary/aromatic N) is 4. The van der Waals surface area contributed by atoms with Crippen LogP contribution in [0.25, 0.3) is 0 Å². The molecule has 0 radical (unpaired) electrons. The lowest BCUT2D eigenvalue weighted by atomic mass is 10.3. The van der Waals surface area contributed by atoms with E-state index in [1.165, 1.54) is 4.90 Å². The van der Waals surface area contributed by atoms with Crippen molar-refractivity contribution in [3.8, 4) is 0 Å². The molecular formula is C16H23ClIN7O2. The van der Waals surface area contributed by atoms with Crippen molar-refractivity contribution in [1.82, 2.24) is 25.8 Å². The molecule has 3 N–H and O–H groups in total. The lowest BCUT2D eigenvalue weighted by molar-refractivity contribution is -0.124. The van der Waals surface area contributed by atoms with Crippen LogP contribution < -0.4 is 20.9 Å². The van der Waals surface area contributed by atoms with Crippen molar-refractivity contribution in [1.29, 1.82) is 0 Å². The first kappa shape index (κ1) is 21.5. The van der Waals surface area contributed by atoms with Crippen LogP contribution in [0.4, 0.5) is 10.6 Å². The van der Waals surface area contributed by atoms with Gasteiger partial charge in [0.05, 0.1) is 11.6 Å². The van der Waals surface area contributed by atoms with Crippen molar-refractivity contribution >= 4 is 59.3 Å². The average Bonchev–Trinajstić information content (AvgIpc) is 3.22. The van der Waals surface area contributed by atoms with Crippen LogP contribution in [0.1, 0.15) is 6.42 Å². The summed E-state index contributed by atoms with van der Waals surface area (Å²) in [5.74, 6) is 1.22. The number of anilines is 1. The minimum absolute atomic E-state index is 0. The molecule has 2 saturated heterocycles. The molecule has 3 rings (SSSR count). The number of carbonyl (C=O) groups is 2. The van der Waals surface area contributed by atoms with Gasteiger partial charge in [-0.25, -0.2) is 9.78 Å². The summed E-state index contributed by atoms with van der Waals surface area (Å²) in [5.41, 5.74) is 0. The second-order valence-corrected chi connectivity index (χ2v) is 6.50. The Morgan fingerprint density at radius 2 is 2.30 bits per heavy atom. The third kappa shape index (κ3) is 5.34. The topological polar surface area (TPSA) is 102 Å². The fourth-order valence-electron chi connectivity index (χ4n) is 3.04. The number of amides is 3. The van der Waals surface area contributed by atoms with Gasteiger partial charge in [0.25, 0.3) is 0 Å². The molecule has 148 valence electrons. The number of carbonyl (C=O) groups excluding carboxylic acids is 2. The van der Waals surface area contributed by atoms with E-state index in [4.69, 9.17) is 11.6 Å². The van der Waals surface area contributed by atoms with Gasteiger partial charge in [0.1, 0.15) is 5.82 Å². The van der Waals surface area contributed by atoms with Gasteiger partial charge in [0.2, 0.25) is 5.91 Å². The summed E-state index contributed by atoms with van der Waals surface area (Å²) in [7, 11) is 1.69. The lowest BCUT2D eigenvalue weighted by Gasteiger charge is -2.20. The van der Waals surface area contributed by atoms with Gasteiger partial charge in [-0.15, -0.1) is 24.0 Å². The summed E-state index contributed by atoms with van der Waals surface area (Å²) in [6, 6.07) is 3.50. The molecule has 0 bridgehead atoms. The van der Waals surface area contributed by atoms with Gasteiger partial charge in [-0.3, -0.25) is 14.7 Å². The zero-order valence-corrected chi connectivity index (χ0v) is 18.0. The Balaban J connectivity index is 0.00000261. The van der Waals surface area contributed by atoms with Gasteiger partial charge < -0.3 is 20.9 Å². The van der Waals surface area contributed by atoms with Crippen molar-refractivity contribution in [2.75, 3.05) is 44.7 Å². The van der Waals surface area contributed by atoms with Gasteiger partial charge in [-0.05, 0) is 18.6 Å². The van der Waals surface area contributed by atoms with E-state index in [1.807, 2.05) is 12.1 Å². The van der Waals surface area contributed by atoms with Crippen LogP contribution >= 0.6 is 35.6 Å². The highest BCUT2D eigenvalue weighted by molar-refractivity contribution is 14.0. The SMILES string of the molecule is CN=C(NCCN1C(=O)CNC1=O)NC1CCN(c2ncccc2Cl)C1.I. The quantitative estimate of drug-likeness (QED) is 0.234. The van der Waals surface area contributed by atoms with Crippen molar-refractivity contribution < 1.29 is 9.59 Å². The van der Waals surface area contributed by atoms with Crippen molar-refractivity contribution in [3.63, 3.8) is 0 Å². The number of imide groups is 1. The minimum Gasteiger partial charge on any atom is -0.355 e. The van der Waals surface area contributed by atoms with Gasteiger partial charge in [-0.1, -0.05) is 11.6 Å². The fourth-order valence-corrected chi connectivity index (χ4v) is 3.28. The molecule has 9 nitrogen and oxygen atoms in total. The molecule has 2 aliphatic heterocycles. The van der Waals surface area contributed by atoms with Crippen molar-refractivity contribution in [2.45, 2.75) is 12.5 Å². The Hall–Kier alpha value is -1.82. The van der Waals surface area contributed by atoms with E-state index in [0.717, 1.165) is 25.3 Å². The van der Waals surface area contributed by atoms with Gasteiger partial charge in [0, 0.05) is 45.5 Å². The lowest BCUT2D eigenvalue weighted by Crippen LogP contribution is -2.47. The summed E-state index contributed by atoms with van der Waals surface area (Å²) < 4.78 is 0. The molecule has 1 unspecified atom stereocenters. The Morgan fingerprint density at radius 1 is 1.48 bits per heavy atom. The summed E-state index contributed by atoms with van der Waals surface area (Å²) in [4.78, 5) is 34.9. The first-order valence-electron chi connectivity index (χ1n) is 8.49. The van der Waals surface area contributed by atoms with Crippen LogP contribution in [0.2, 0.25) is 5.02 Å². The Labute approximate surface area is 179 Å². The molecule has 1 aromatic rings. The molecule has 2 fully saturated rings. The third-order valence-corrected chi connectivity index (χ3v) is 4.65. The maximum Gasteiger partial charge on any atom is 0.324 e. The second kappa shape index (κ2) is 9.93. The average molecular weight is 508 g/mol. The Bertz CT molecular complexity index is 702. The molecule has 1 atom stereocenters. The number of aromatic nitrogens is 1. The molecule has 0 aliphatic carbocycles. The molecule has 3 amide bonds. The molecular weight excluding hydrogens is 485 g/mol. The van der Waals surface area contributed by atoms with E-state index in [9.17, 15) is 9.59 Å². The zero-order chi connectivity index (χ0) is 18.5. The number of urea groups is 1. The van der Waals surface area contributed by atoms with Crippen LogP contribution in [0.15, 0.2) is 23.3 Å². The molecule has 0 aromatic carbocycles. The molecule has 0 saturated carbocycles. The Morgan fingerprint density at radius 3 is 2.96 bits per heavy atom. The third-order valence-electron chi connectivity index (χ3n) is 4.36. The summed E-state index contributed by atoms with van der Waals surface area (Å²) in [6.45, 7) is 2.42. The van der Waals surface area contributed by atoms with Crippen LogP contribution in [0.3, 0.4) is 0 Å². The monoisotopic (exact) mass is 507 g/mol. The molecule has 27 heavy (non-hydrogen) atoms. The van der Waals surface area contributed by atoms with Crippen LogP contribution in [-0.2, 0) is 4.79 Å². The van der Waals surface area contributed by atoms with E-state index < -0.39 is 0 Å². The minimum atomic E-state index is -0.349. The van der Waals surface area contributed by atoms with E-state index in [-0.39, 0.29) is 48.5 Å². The smallest absolute Gasteiger partial charge is 0.324 e. The van der Waals surface area contributed by atoms with Crippen LogP contribution in [0, 0.1) is 0 Å². The number of halogens is 2. The van der Waals surface area contributed by atoms with E-state index in [1.54, 1.807) is 13.2 Å². The first-order valence-corrected chi connectivity index (χ1v) is 8.87. The number of nitrogens with one attached hydrogen (secondary N) is 3. The van der Waals surface area contributed by atoms with Gasteiger partial charge >= 0.3 is 6.03 Å². The van der Waals surface area contributed by atoms with Crippen molar-refractivity contribution in [2.24, 2.45) is 4.99 Å². The number of hydrogen-bond donors (Lipinski definition) is 3.